The van der Waals surface area contributed by atoms with Gasteiger partial charge >= 0.3 is 0 Å². The molecular formula is C13H12BrCl. The largest absolute Gasteiger partial charge is 0.122 e. The molecule has 0 fully saturated rings. The molecule has 2 heteroatoms. The summed E-state index contributed by atoms with van der Waals surface area (Å²) in [6, 6.07) is 19.9. The minimum absolute atomic E-state index is 0.612. The monoisotopic (exact) mass is 282 g/mol. The van der Waals surface area contributed by atoms with Crippen LogP contribution in [-0.2, 0) is 5.88 Å². The molecule has 2 aromatic carbocycles. The van der Waals surface area contributed by atoms with Gasteiger partial charge in [0.15, 0.2) is 0 Å². The van der Waals surface area contributed by atoms with Crippen molar-refractivity contribution in [2.24, 2.45) is 0 Å². The summed E-state index contributed by atoms with van der Waals surface area (Å²) in [4.78, 5) is 0. The molecule has 0 amide bonds. The van der Waals surface area contributed by atoms with Gasteiger partial charge in [-0.05, 0) is 17.7 Å². The maximum Gasteiger partial charge on any atom is 0.0474 e. The number of benzene rings is 2. The van der Waals surface area contributed by atoms with Crippen molar-refractivity contribution >= 4 is 27.5 Å². The van der Waals surface area contributed by atoms with E-state index < -0.39 is 0 Å². The van der Waals surface area contributed by atoms with E-state index in [1.165, 1.54) is 5.56 Å². The minimum atomic E-state index is 0.612. The smallest absolute Gasteiger partial charge is 0.0474 e. The minimum Gasteiger partial charge on any atom is -0.122 e. The Morgan fingerprint density at radius 1 is 0.800 bits per heavy atom. The Kier molecular flexibility index (Phi) is 6.14. The first-order valence-corrected chi connectivity index (χ1v) is 5.96. The van der Waals surface area contributed by atoms with Gasteiger partial charge < -0.3 is 0 Å². The van der Waals surface area contributed by atoms with Crippen LogP contribution in [0.5, 0.6) is 0 Å². The molecular weight excluding hydrogens is 272 g/mol. The molecule has 0 heterocycles. The second-order valence-electron chi connectivity index (χ2n) is 2.91. The standard InChI is InChI=1S/C7H7Cl.C6H5Br/c8-6-7-4-2-1-3-5-7;7-6-4-2-1-3-5-6/h1-5H,6H2;1-5H. The molecule has 0 N–H and O–H groups in total. The molecule has 0 radical (unpaired) electrons. The van der Waals surface area contributed by atoms with Crippen LogP contribution in [-0.4, -0.2) is 0 Å². The maximum absolute atomic E-state index is 5.53. The third kappa shape index (κ3) is 5.60. The molecule has 0 aliphatic rings. The van der Waals surface area contributed by atoms with E-state index in [9.17, 15) is 0 Å². The molecule has 0 saturated heterocycles. The van der Waals surface area contributed by atoms with Gasteiger partial charge in [0.05, 0.1) is 0 Å². The average Bonchev–Trinajstić information content (AvgIpc) is 2.32. The summed E-state index contributed by atoms with van der Waals surface area (Å²) < 4.78 is 1.13. The summed E-state index contributed by atoms with van der Waals surface area (Å²) in [6.45, 7) is 0. The van der Waals surface area contributed by atoms with E-state index >= 15 is 0 Å². The molecule has 0 aliphatic carbocycles. The Hall–Kier alpha value is -0.790. The SMILES string of the molecule is Brc1ccccc1.ClCc1ccccc1. The van der Waals surface area contributed by atoms with Crippen LogP contribution in [0.1, 0.15) is 5.56 Å². The van der Waals surface area contributed by atoms with Gasteiger partial charge in [0.25, 0.3) is 0 Å². The fourth-order valence-corrected chi connectivity index (χ4v) is 1.47. The quantitative estimate of drug-likeness (QED) is 0.655. The summed E-state index contributed by atoms with van der Waals surface area (Å²) in [7, 11) is 0. The zero-order valence-electron chi connectivity index (χ0n) is 8.24. The Labute approximate surface area is 104 Å². The number of hydrogen-bond donors (Lipinski definition) is 0. The van der Waals surface area contributed by atoms with Crippen LogP contribution in [0.15, 0.2) is 65.1 Å². The fourth-order valence-electron chi connectivity index (χ4n) is 0.982. The summed E-state index contributed by atoms with van der Waals surface area (Å²) in [5.41, 5.74) is 1.18. The lowest BCUT2D eigenvalue weighted by Crippen LogP contribution is -1.71. The van der Waals surface area contributed by atoms with E-state index in [-0.39, 0.29) is 0 Å². The zero-order chi connectivity index (χ0) is 10.9. The Morgan fingerprint density at radius 2 is 1.27 bits per heavy atom. The van der Waals surface area contributed by atoms with Crippen LogP contribution in [0.25, 0.3) is 0 Å². The maximum atomic E-state index is 5.53. The third-order valence-corrected chi connectivity index (χ3v) is 2.57. The molecule has 0 saturated carbocycles. The van der Waals surface area contributed by atoms with Gasteiger partial charge in [-0.25, -0.2) is 0 Å². The van der Waals surface area contributed by atoms with E-state index in [0.717, 1.165) is 4.47 Å². The molecule has 0 nitrogen and oxygen atoms in total. The molecule has 78 valence electrons. The number of halogens is 2. The van der Waals surface area contributed by atoms with Crippen molar-refractivity contribution in [3.8, 4) is 0 Å². The van der Waals surface area contributed by atoms with Crippen LogP contribution in [0.2, 0.25) is 0 Å². The molecule has 0 aliphatic heterocycles. The summed E-state index contributed by atoms with van der Waals surface area (Å²) in [6.07, 6.45) is 0. The van der Waals surface area contributed by atoms with Gasteiger partial charge in [-0.2, -0.15) is 0 Å². The molecule has 0 atom stereocenters. The zero-order valence-corrected chi connectivity index (χ0v) is 10.6. The van der Waals surface area contributed by atoms with E-state index in [0.29, 0.717) is 5.88 Å². The lowest BCUT2D eigenvalue weighted by atomic mass is 10.2. The van der Waals surface area contributed by atoms with E-state index in [1.54, 1.807) is 0 Å². The summed E-state index contributed by atoms with van der Waals surface area (Å²) in [5, 5.41) is 0. The highest BCUT2D eigenvalue weighted by molar-refractivity contribution is 9.10. The molecule has 15 heavy (non-hydrogen) atoms. The van der Waals surface area contributed by atoms with Crippen LogP contribution >= 0.6 is 27.5 Å². The van der Waals surface area contributed by atoms with Crippen LogP contribution in [0.4, 0.5) is 0 Å². The lowest BCUT2D eigenvalue weighted by Gasteiger charge is -1.88. The van der Waals surface area contributed by atoms with Crippen molar-refractivity contribution in [1.82, 2.24) is 0 Å². The first-order valence-electron chi connectivity index (χ1n) is 4.63. The lowest BCUT2D eigenvalue weighted by molar-refractivity contribution is 1.41. The van der Waals surface area contributed by atoms with Gasteiger partial charge in [0, 0.05) is 10.4 Å². The number of rotatable bonds is 1. The Balaban J connectivity index is 0.000000151. The first-order chi connectivity index (χ1) is 7.33. The molecule has 0 bridgehead atoms. The number of alkyl halides is 1. The fraction of sp³-hybridized carbons (Fsp3) is 0.0769. The van der Waals surface area contributed by atoms with Crippen molar-refractivity contribution in [2.75, 3.05) is 0 Å². The van der Waals surface area contributed by atoms with Crippen molar-refractivity contribution in [3.63, 3.8) is 0 Å². The van der Waals surface area contributed by atoms with E-state index in [4.69, 9.17) is 11.6 Å². The highest BCUT2D eigenvalue weighted by Gasteiger charge is 1.81. The normalized spacial score (nSPS) is 8.93. The van der Waals surface area contributed by atoms with Gasteiger partial charge in [-0.15, -0.1) is 11.6 Å². The molecule has 2 rings (SSSR count). The predicted molar refractivity (Wildman–Crippen MR) is 70.1 cm³/mol. The number of hydrogen-bond acceptors (Lipinski definition) is 0. The Bertz CT molecular complexity index is 359. The van der Waals surface area contributed by atoms with Crippen LogP contribution in [0.3, 0.4) is 0 Å². The predicted octanol–water partition coefficient (Wildman–Crippen LogP) is 4.87. The van der Waals surface area contributed by atoms with Crippen molar-refractivity contribution in [1.29, 1.82) is 0 Å². The summed E-state index contributed by atoms with van der Waals surface area (Å²) >= 11 is 8.84. The molecule has 0 spiro atoms. The van der Waals surface area contributed by atoms with Crippen molar-refractivity contribution in [2.45, 2.75) is 5.88 Å². The second kappa shape index (κ2) is 7.49. The third-order valence-electron chi connectivity index (χ3n) is 1.73. The van der Waals surface area contributed by atoms with E-state index in [1.807, 2.05) is 60.7 Å². The van der Waals surface area contributed by atoms with Crippen molar-refractivity contribution in [3.05, 3.63) is 70.7 Å². The van der Waals surface area contributed by atoms with Crippen molar-refractivity contribution < 1.29 is 0 Å². The Morgan fingerprint density at radius 3 is 1.53 bits per heavy atom. The van der Waals surface area contributed by atoms with E-state index in [2.05, 4.69) is 15.9 Å². The molecule has 0 aromatic heterocycles. The topological polar surface area (TPSA) is 0 Å². The summed E-state index contributed by atoms with van der Waals surface area (Å²) in [5.74, 6) is 0.612. The highest BCUT2D eigenvalue weighted by Crippen LogP contribution is 2.05. The van der Waals surface area contributed by atoms with Crippen LogP contribution < -0.4 is 0 Å². The highest BCUT2D eigenvalue weighted by atomic mass is 79.9. The first kappa shape index (κ1) is 12.3. The van der Waals surface area contributed by atoms with Gasteiger partial charge in [-0.3, -0.25) is 0 Å². The average molecular weight is 284 g/mol. The molecule has 0 unspecified atom stereocenters. The van der Waals surface area contributed by atoms with Gasteiger partial charge in [0.2, 0.25) is 0 Å². The second-order valence-corrected chi connectivity index (χ2v) is 4.10. The van der Waals surface area contributed by atoms with Crippen LogP contribution in [0, 0.1) is 0 Å². The molecule has 2 aromatic rings. The van der Waals surface area contributed by atoms with Gasteiger partial charge in [-0.1, -0.05) is 64.5 Å². The van der Waals surface area contributed by atoms with Gasteiger partial charge in [0.1, 0.15) is 0 Å².